The fourth-order valence-corrected chi connectivity index (χ4v) is 4.01. The predicted octanol–water partition coefficient (Wildman–Crippen LogP) is 3.77. The van der Waals surface area contributed by atoms with E-state index in [1.54, 1.807) is 58.3 Å². The van der Waals surface area contributed by atoms with Gasteiger partial charge >= 0.3 is 17.9 Å². The van der Waals surface area contributed by atoms with Gasteiger partial charge in [-0.3, -0.25) is 0 Å². The molecular formula is C26H34N2O6. The molecule has 0 spiro atoms. The SMILES string of the molecule is CCCCCOC(=O)C(C)=Cc1ccccc1C1C(C(=O)O)=C(C)NC(CN(C)C)=C1C(=O)O. The third kappa shape index (κ3) is 6.57. The number of benzene rings is 1. The number of likely N-dealkylation sites (N-methyl/N-ethyl adjacent to an activating group) is 1. The van der Waals surface area contributed by atoms with E-state index in [9.17, 15) is 24.6 Å². The van der Waals surface area contributed by atoms with Crippen LogP contribution in [0, 0.1) is 0 Å². The van der Waals surface area contributed by atoms with Gasteiger partial charge < -0.3 is 25.2 Å². The summed E-state index contributed by atoms with van der Waals surface area (Å²) in [5, 5.41) is 23.1. The molecule has 0 saturated carbocycles. The van der Waals surface area contributed by atoms with Crippen LogP contribution in [0.15, 0.2) is 52.4 Å². The second-order valence-electron chi connectivity index (χ2n) is 8.64. The Balaban J connectivity index is 2.59. The molecule has 34 heavy (non-hydrogen) atoms. The number of dihydropyridines is 1. The molecule has 0 fully saturated rings. The minimum absolute atomic E-state index is 0.0302. The topological polar surface area (TPSA) is 116 Å². The molecule has 1 heterocycles. The molecule has 0 aromatic heterocycles. The van der Waals surface area contributed by atoms with Crippen molar-refractivity contribution in [1.29, 1.82) is 0 Å². The van der Waals surface area contributed by atoms with Gasteiger partial charge in [-0.25, -0.2) is 14.4 Å². The molecule has 2 rings (SSSR count). The molecule has 1 aliphatic rings. The molecule has 0 radical (unpaired) electrons. The molecule has 1 unspecified atom stereocenters. The highest BCUT2D eigenvalue weighted by atomic mass is 16.5. The molecular weight excluding hydrogens is 436 g/mol. The maximum Gasteiger partial charge on any atom is 0.334 e. The van der Waals surface area contributed by atoms with Crippen molar-refractivity contribution in [3.8, 4) is 0 Å². The summed E-state index contributed by atoms with van der Waals surface area (Å²) in [6.45, 7) is 5.95. The van der Waals surface area contributed by atoms with Crippen LogP contribution in [0.4, 0.5) is 0 Å². The molecule has 0 amide bonds. The summed E-state index contributed by atoms with van der Waals surface area (Å²) < 4.78 is 5.33. The van der Waals surface area contributed by atoms with Crippen LogP contribution in [0.2, 0.25) is 0 Å². The first-order chi connectivity index (χ1) is 16.1. The first kappa shape index (κ1) is 26.9. The van der Waals surface area contributed by atoms with Crippen molar-refractivity contribution in [3.63, 3.8) is 0 Å². The molecule has 0 bridgehead atoms. The molecule has 1 aliphatic heterocycles. The fourth-order valence-electron chi connectivity index (χ4n) is 4.01. The number of esters is 1. The van der Waals surface area contributed by atoms with Crippen molar-refractivity contribution in [1.82, 2.24) is 10.2 Å². The van der Waals surface area contributed by atoms with E-state index >= 15 is 0 Å². The van der Waals surface area contributed by atoms with Crippen LogP contribution >= 0.6 is 0 Å². The lowest BCUT2D eigenvalue weighted by Gasteiger charge is -2.31. The van der Waals surface area contributed by atoms with Crippen LogP contribution in [0.1, 0.15) is 57.1 Å². The first-order valence-corrected chi connectivity index (χ1v) is 11.3. The fraction of sp³-hybridized carbons (Fsp3) is 0.423. The van der Waals surface area contributed by atoms with Crippen molar-refractivity contribution in [2.75, 3.05) is 27.2 Å². The molecule has 184 valence electrons. The van der Waals surface area contributed by atoms with Crippen molar-refractivity contribution in [3.05, 3.63) is 63.5 Å². The van der Waals surface area contributed by atoms with Crippen molar-refractivity contribution in [2.24, 2.45) is 0 Å². The molecule has 8 nitrogen and oxygen atoms in total. The number of carboxylic acid groups (broad SMARTS) is 2. The Hall–Kier alpha value is -3.39. The van der Waals surface area contributed by atoms with Crippen LogP contribution < -0.4 is 5.32 Å². The maximum absolute atomic E-state index is 12.5. The van der Waals surface area contributed by atoms with Gasteiger partial charge in [0.05, 0.1) is 23.7 Å². The standard InChI is InChI=1S/C26H34N2O6/c1-6-7-10-13-34-26(33)16(2)14-18-11-8-9-12-19(18)22-21(24(29)30)17(3)27-20(15-28(4)5)23(22)25(31)32/h8-9,11-12,14,22,27H,6-7,10,13,15H2,1-5H3,(H,29,30)(H,31,32). The third-order valence-corrected chi connectivity index (χ3v) is 5.56. The summed E-state index contributed by atoms with van der Waals surface area (Å²) in [5.74, 6) is -3.88. The number of nitrogens with one attached hydrogen (secondary N) is 1. The van der Waals surface area contributed by atoms with Gasteiger partial charge in [0.15, 0.2) is 0 Å². The third-order valence-electron chi connectivity index (χ3n) is 5.56. The minimum Gasteiger partial charge on any atom is -0.478 e. The zero-order valence-corrected chi connectivity index (χ0v) is 20.5. The number of carbonyl (C=O) groups excluding carboxylic acids is 1. The average Bonchev–Trinajstić information content (AvgIpc) is 2.75. The van der Waals surface area contributed by atoms with Gasteiger partial charge in [0.1, 0.15) is 0 Å². The molecule has 0 saturated heterocycles. The summed E-state index contributed by atoms with van der Waals surface area (Å²) >= 11 is 0. The molecule has 0 aliphatic carbocycles. The normalized spacial score (nSPS) is 16.5. The Kier molecular flexibility index (Phi) is 9.62. The van der Waals surface area contributed by atoms with Gasteiger partial charge in [-0.05, 0) is 51.6 Å². The Bertz CT molecular complexity index is 1040. The van der Waals surface area contributed by atoms with Crippen LogP contribution in [0.25, 0.3) is 6.08 Å². The quantitative estimate of drug-likeness (QED) is 0.254. The van der Waals surface area contributed by atoms with Gasteiger partial charge in [-0.1, -0.05) is 44.0 Å². The van der Waals surface area contributed by atoms with Crippen LogP contribution in [-0.2, 0) is 19.1 Å². The van der Waals surface area contributed by atoms with Gasteiger partial charge in [0, 0.05) is 23.5 Å². The number of allylic oxidation sites excluding steroid dienone is 1. The highest BCUT2D eigenvalue weighted by Gasteiger charge is 2.38. The summed E-state index contributed by atoms with van der Waals surface area (Å²) in [5.41, 5.74) is 2.14. The molecule has 8 heteroatoms. The van der Waals surface area contributed by atoms with Crippen LogP contribution in [0.5, 0.6) is 0 Å². The van der Waals surface area contributed by atoms with Crippen molar-refractivity contribution in [2.45, 2.75) is 46.0 Å². The van der Waals surface area contributed by atoms with E-state index in [4.69, 9.17) is 4.74 Å². The van der Waals surface area contributed by atoms with Gasteiger partial charge in [0.2, 0.25) is 0 Å². The predicted molar refractivity (Wildman–Crippen MR) is 130 cm³/mol. The highest BCUT2D eigenvalue weighted by molar-refractivity contribution is 5.99. The lowest BCUT2D eigenvalue weighted by molar-refractivity contribution is -0.139. The Morgan fingerprint density at radius 3 is 2.32 bits per heavy atom. The number of unbranched alkanes of at least 4 members (excludes halogenated alkanes) is 2. The van der Waals surface area contributed by atoms with E-state index in [-0.39, 0.29) is 11.1 Å². The molecule has 1 atom stereocenters. The van der Waals surface area contributed by atoms with E-state index in [2.05, 4.69) is 12.2 Å². The number of nitrogens with zero attached hydrogens (tertiary/aromatic N) is 1. The number of aliphatic carboxylic acids is 2. The number of hydrogen-bond donors (Lipinski definition) is 3. The summed E-state index contributed by atoms with van der Waals surface area (Å²) in [4.78, 5) is 38.9. The number of carbonyl (C=O) groups is 3. The largest absolute Gasteiger partial charge is 0.478 e. The lowest BCUT2D eigenvalue weighted by Crippen LogP contribution is -2.36. The summed E-state index contributed by atoms with van der Waals surface area (Å²) in [7, 11) is 3.61. The number of hydrogen-bond acceptors (Lipinski definition) is 6. The van der Waals surface area contributed by atoms with Gasteiger partial charge in [-0.2, -0.15) is 0 Å². The first-order valence-electron chi connectivity index (χ1n) is 11.3. The zero-order valence-electron chi connectivity index (χ0n) is 20.5. The van der Waals surface area contributed by atoms with Crippen LogP contribution in [-0.4, -0.2) is 60.3 Å². The van der Waals surface area contributed by atoms with Crippen molar-refractivity contribution >= 4 is 24.0 Å². The van der Waals surface area contributed by atoms with Crippen LogP contribution in [0.3, 0.4) is 0 Å². The molecule has 1 aromatic carbocycles. The van der Waals surface area contributed by atoms with E-state index in [1.807, 2.05) is 4.90 Å². The Morgan fingerprint density at radius 2 is 1.74 bits per heavy atom. The zero-order chi connectivity index (χ0) is 25.4. The van der Waals surface area contributed by atoms with Crippen molar-refractivity contribution < 1.29 is 29.3 Å². The smallest absolute Gasteiger partial charge is 0.334 e. The van der Waals surface area contributed by atoms with E-state index in [0.29, 0.717) is 41.2 Å². The van der Waals surface area contributed by atoms with E-state index in [0.717, 1.165) is 19.3 Å². The molecule has 3 N–H and O–H groups in total. The summed E-state index contributed by atoms with van der Waals surface area (Å²) in [6, 6.07) is 6.93. The van der Waals surface area contributed by atoms with Gasteiger partial charge in [-0.15, -0.1) is 0 Å². The number of ether oxygens (including phenoxy) is 1. The number of carboxylic acids is 2. The Morgan fingerprint density at radius 1 is 1.09 bits per heavy atom. The maximum atomic E-state index is 12.5. The molecule has 1 aromatic rings. The number of rotatable bonds is 11. The lowest BCUT2D eigenvalue weighted by atomic mass is 9.78. The van der Waals surface area contributed by atoms with E-state index < -0.39 is 23.8 Å². The minimum atomic E-state index is -1.21. The Labute approximate surface area is 200 Å². The van der Waals surface area contributed by atoms with Gasteiger partial charge in [0.25, 0.3) is 0 Å². The second-order valence-corrected chi connectivity index (χ2v) is 8.64. The second kappa shape index (κ2) is 12.2. The monoisotopic (exact) mass is 470 g/mol. The average molecular weight is 471 g/mol. The summed E-state index contributed by atoms with van der Waals surface area (Å²) in [6.07, 6.45) is 4.40. The van der Waals surface area contributed by atoms with E-state index in [1.165, 1.54) is 0 Å². The highest BCUT2D eigenvalue weighted by Crippen LogP contribution is 2.40.